The highest BCUT2D eigenvalue weighted by Crippen LogP contribution is 2.43. The number of para-hydroxylation sites is 1. The molecule has 4 nitrogen and oxygen atoms in total. The van der Waals surface area contributed by atoms with Crippen LogP contribution in [0.3, 0.4) is 0 Å². The van der Waals surface area contributed by atoms with Crippen molar-refractivity contribution in [1.29, 1.82) is 0 Å². The van der Waals surface area contributed by atoms with Crippen molar-refractivity contribution in [3.05, 3.63) is 179 Å². The Morgan fingerprint density at radius 3 is 2.31 bits per heavy atom. The van der Waals surface area contributed by atoms with Gasteiger partial charge < -0.3 is 9.13 Å². The lowest BCUT2D eigenvalue weighted by Crippen LogP contribution is -2.10. The molecule has 2 aliphatic carbocycles. The van der Waals surface area contributed by atoms with E-state index >= 15 is 0 Å². The highest BCUT2D eigenvalue weighted by Gasteiger charge is 2.25. The standard InChI is InChI=1S/C51H42N4/c1-33-37-13-14-40-28-34(29-46-44-31-38(35-20-24-52-25-21-35)15-18-48(44)54(50(40)46)41-8-4-2-5-9-41)12-17-43(33)51-47(30-37)45-32-39(36-22-26-53-27-23-36)16-19-49(45)55(51)42-10-6-3-7-11-42/h2-8,10-11,15-16,18-22,24-32,36,41H,9,12-14,17,23H2,1H3. The molecule has 0 saturated carbocycles. The Hall–Kier alpha value is -6.26. The molecule has 2 atom stereocenters. The summed E-state index contributed by atoms with van der Waals surface area (Å²) in [5, 5.41) is 5.43. The molecule has 55 heavy (non-hydrogen) atoms. The summed E-state index contributed by atoms with van der Waals surface area (Å²) in [5.74, 6) is 0.349. The largest absolute Gasteiger partial charge is 0.333 e. The van der Waals surface area contributed by atoms with Crippen molar-refractivity contribution in [1.82, 2.24) is 14.1 Å². The number of pyridine rings is 1. The summed E-state index contributed by atoms with van der Waals surface area (Å²) in [7, 11) is 0. The number of aromatic nitrogens is 3. The number of allylic oxidation sites excluding steroid dienone is 5. The Morgan fingerprint density at radius 1 is 0.636 bits per heavy atom. The zero-order chi connectivity index (χ0) is 36.5. The van der Waals surface area contributed by atoms with Gasteiger partial charge in [0.05, 0.1) is 22.6 Å². The predicted octanol–water partition coefficient (Wildman–Crippen LogP) is 12.3. The van der Waals surface area contributed by atoms with Gasteiger partial charge in [0.25, 0.3) is 0 Å². The number of nitrogens with zero attached hydrogens (tertiary/aromatic N) is 4. The van der Waals surface area contributed by atoms with Crippen LogP contribution in [0.2, 0.25) is 0 Å². The highest BCUT2D eigenvalue weighted by molar-refractivity contribution is 6.12. The van der Waals surface area contributed by atoms with Crippen molar-refractivity contribution in [3.63, 3.8) is 0 Å². The van der Waals surface area contributed by atoms with Crippen LogP contribution in [0.4, 0.5) is 0 Å². The minimum atomic E-state index is 0.280. The van der Waals surface area contributed by atoms with Gasteiger partial charge in [-0.1, -0.05) is 66.8 Å². The molecule has 4 heterocycles. The maximum Gasteiger partial charge on any atom is 0.0576 e. The van der Waals surface area contributed by atoms with E-state index < -0.39 is 0 Å². The first kappa shape index (κ1) is 32.2. The molecule has 0 N–H and O–H groups in total. The zero-order valence-electron chi connectivity index (χ0n) is 31.1. The van der Waals surface area contributed by atoms with E-state index in [1.165, 1.54) is 93.8 Å². The number of aryl methyl sites for hydroxylation is 4. The highest BCUT2D eigenvalue weighted by atomic mass is 15.0. The van der Waals surface area contributed by atoms with Crippen LogP contribution in [-0.2, 0) is 25.7 Å². The van der Waals surface area contributed by atoms with Crippen LogP contribution in [0.25, 0.3) is 60.4 Å². The summed E-state index contributed by atoms with van der Waals surface area (Å²) in [6, 6.07) is 37.3. The first-order valence-corrected chi connectivity index (χ1v) is 19.9. The first-order valence-electron chi connectivity index (χ1n) is 19.9. The molecule has 0 radical (unpaired) electrons. The van der Waals surface area contributed by atoms with Crippen LogP contribution in [0.1, 0.15) is 58.2 Å². The Bertz CT molecular complexity index is 2940. The van der Waals surface area contributed by atoms with Crippen LogP contribution in [-0.4, -0.2) is 20.3 Å². The fourth-order valence-corrected chi connectivity index (χ4v) is 9.82. The Kier molecular flexibility index (Phi) is 7.58. The van der Waals surface area contributed by atoms with E-state index in [1.54, 1.807) is 0 Å². The Balaban J connectivity index is 1.12. The fourth-order valence-electron chi connectivity index (χ4n) is 9.82. The molecular weight excluding hydrogens is 669 g/mol. The molecular formula is C51H42N4. The molecule has 0 amide bonds. The molecule has 4 bridgehead atoms. The van der Waals surface area contributed by atoms with Crippen LogP contribution < -0.4 is 0 Å². The molecule has 3 aromatic heterocycles. The van der Waals surface area contributed by atoms with E-state index in [0.717, 1.165) is 38.5 Å². The van der Waals surface area contributed by atoms with E-state index in [4.69, 9.17) is 0 Å². The van der Waals surface area contributed by atoms with Crippen LogP contribution in [0.5, 0.6) is 0 Å². The maximum atomic E-state index is 4.37. The summed E-state index contributed by atoms with van der Waals surface area (Å²) in [5.41, 5.74) is 17.6. The summed E-state index contributed by atoms with van der Waals surface area (Å²) in [4.78, 5) is 8.66. The van der Waals surface area contributed by atoms with E-state index in [-0.39, 0.29) is 6.04 Å². The van der Waals surface area contributed by atoms with Gasteiger partial charge in [-0.05, 0) is 151 Å². The Labute approximate surface area is 321 Å². The Morgan fingerprint density at radius 2 is 1.47 bits per heavy atom. The minimum absolute atomic E-state index is 0.280. The molecule has 1 aliphatic heterocycles. The third kappa shape index (κ3) is 5.26. The van der Waals surface area contributed by atoms with E-state index in [2.05, 4.69) is 153 Å². The molecule has 4 heteroatoms. The maximum absolute atomic E-state index is 4.37. The average molecular weight is 711 g/mol. The molecule has 0 saturated heterocycles. The molecule has 3 aliphatic rings. The number of benzene rings is 5. The number of fused-ring (bicyclic) bond motifs is 12. The third-order valence-corrected chi connectivity index (χ3v) is 12.5. The predicted molar refractivity (Wildman–Crippen MR) is 230 cm³/mol. The van der Waals surface area contributed by atoms with Gasteiger partial charge in [0.15, 0.2) is 0 Å². The van der Waals surface area contributed by atoms with E-state index in [1.807, 2.05) is 24.8 Å². The van der Waals surface area contributed by atoms with Crippen molar-refractivity contribution >= 4 is 49.8 Å². The van der Waals surface area contributed by atoms with Crippen LogP contribution in [0, 0.1) is 6.92 Å². The smallest absolute Gasteiger partial charge is 0.0576 e. The van der Waals surface area contributed by atoms with Crippen LogP contribution in [0.15, 0.2) is 151 Å². The number of rotatable bonds is 4. The van der Waals surface area contributed by atoms with Gasteiger partial charge >= 0.3 is 0 Å². The summed E-state index contributed by atoms with van der Waals surface area (Å²) in [6.45, 7) is 2.39. The number of aliphatic imine (C=N–C) groups is 1. The molecule has 266 valence electrons. The molecule has 2 unspecified atom stereocenters. The second-order valence-corrected chi connectivity index (χ2v) is 15.6. The minimum Gasteiger partial charge on any atom is -0.333 e. The van der Waals surface area contributed by atoms with Gasteiger partial charge in [-0.3, -0.25) is 9.98 Å². The molecule has 11 rings (SSSR count). The van der Waals surface area contributed by atoms with Gasteiger partial charge in [-0.15, -0.1) is 0 Å². The number of hydrogen-bond acceptors (Lipinski definition) is 2. The monoisotopic (exact) mass is 710 g/mol. The lowest BCUT2D eigenvalue weighted by atomic mass is 9.87. The van der Waals surface area contributed by atoms with Crippen molar-refractivity contribution in [2.75, 3.05) is 0 Å². The average Bonchev–Trinajstić information content (AvgIpc) is 3.75. The normalized spacial score (nSPS) is 17.9. The molecule has 0 fully saturated rings. The zero-order valence-corrected chi connectivity index (χ0v) is 31.1. The van der Waals surface area contributed by atoms with Crippen molar-refractivity contribution in [3.8, 4) is 16.8 Å². The third-order valence-electron chi connectivity index (χ3n) is 12.5. The van der Waals surface area contributed by atoms with Crippen LogP contribution >= 0.6 is 0 Å². The molecule has 5 aromatic carbocycles. The van der Waals surface area contributed by atoms with Crippen molar-refractivity contribution < 1.29 is 0 Å². The van der Waals surface area contributed by atoms with Gasteiger partial charge in [-0.25, -0.2) is 0 Å². The van der Waals surface area contributed by atoms with Gasteiger partial charge in [0.1, 0.15) is 0 Å². The van der Waals surface area contributed by atoms with Crippen molar-refractivity contribution in [2.45, 2.75) is 57.4 Å². The van der Waals surface area contributed by atoms with Gasteiger partial charge in [0.2, 0.25) is 0 Å². The quantitative estimate of drug-likeness (QED) is 0.179. The second-order valence-electron chi connectivity index (χ2n) is 15.6. The summed E-state index contributed by atoms with van der Waals surface area (Å²) in [6.07, 6.45) is 25.0. The van der Waals surface area contributed by atoms with Gasteiger partial charge in [-0.2, -0.15) is 0 Å². The summed E-state index contributed by atoms with van der Waals surface area (Å²) >= 11 is 0. The van der Waals surface area contributed by atoms with Crippen molar-refractivity contribution in [2.24, 2.45) is 4.99 Å². The second kappa shape index (κ2) is 13.0. The lowest BCUT2D eigenvalue weighted by Gasteiger charge is -2.22. The molecule has 0 spiro atoms. The van der Waals surface area contributed by atoms with E-state index in [0.29, 0.717) is 5.92 Å². The SMILES string of the molecule is Cc1c2cc3c4cc(C5C=CN=CC5)ccc4n(-c4ccccc4)c3c1CCc1cc(c3c(c1)c1cc(-c4ccncc4)ccc1n3C1C=CC=CC1)CC2. The first-order chi connectivity index (χ1) is 27.2. The fraction of sp³-hybridized carbons (Fsp3) is 0.176. The van der Waals surface area contributed by atoms with E-state index in [9.17, 15) is 0 Å². The summed E-state index contributed by atoms with van der Waals surface area (Å²) < 4.78 is 5.19. The topological polar surface area (TPSA) is 35.1 Å². The molecule has 8 aromatic rings. The number of hydrogen-bond donors (Lipinski definition) is 0. The lowest BCUT2D eigenvalue weighted by molar-refractivity contribution is 0.645. The van der Waals surface area contributed by atoms with Gasteiger partial charge in [0, 0.05) is 63.5 Å².